The molecule has 0 aromatic rings. The molecule has 112 valence electrons. The number of hydrogen-bond donors (Lipinski definition) is 1. The average molecular weight is 327 g/mol. The first kappa shape index (κ1) is 36.2. The smallest absolute Gasteiger partial charge is 0.541 e. The molecule has 0 fully saturated rings. The molecule has 0 aliphatic heterocycles. The van der Waals surface area contributed by atoms with Gasteiger partial charge >= 0.3 is 43.7 Å². The van der Waals surface area contributed by atoms with E-state index in [1.54, 1.807) is 0 Å². The third-order valence-electron chi connectivity index (χ3n) is 0.750. The molecule has 20 heavy (non-hydrogen) atoms. The molecule has 7 N–H and O–H groups in total. The molecule has 0 spiro atoms. The molecular weight excluding hydrogens is 320 g/mol. The predicted octanol–water partition coefficient (Wildman–Crippen LogP) is -9.41. The van der Waals surface area contributed by atoms with E-state index in [0.29, 0.717) is 0 Å². The van der Waals surface area contributed by atoms with Crippen LogP contribution in [0.15, 0.2) is 0 Å². The predicted molar refractivity (Wildman–Crippen MR) is 49.3 cm³/mol. The summed E-state index contributed by atoms with van der Waals surface area (Å²) in [6, 6.07) is 0. The normalized spacial score (nSPS) is 6.40. The molecule has 0 aliphatic rings. The first-order valence-electron chi connectivity index (χ1n) is 3.06. The molecule has 0 aliphatic carbocycles. The monoisotopic (exact) mass is 327 g/mol. The van der Waals surface area contributed by atoms with Gasteiger partial charge in [-0.25, -0.2) is 4.79 Å². The fourth-order valence-corrected chi connectivity index (χ4v) is 0.171. The van der Waals surface area contributed by atoms with Gasteiger partial charge in [0.15, 0.2) is 0 Å². The van der Waals surface area contributed by atoms with E-state index in [4.69, 9.17) is 5.11 Å². The van der Waals surface area contributed by atoms with Gasteiger partial charge in [0.05, 0.1) is 0 Å². The molecule has 0 heterocycles. The van der Waals surface area contributed by atoms with Crippen LogP contribution in [0.25, 0.3) is 0 Å². The van der Waals surface area contributed by atoms with E-state index in [0.717, 1.165) is 0 Å². The van der Waals surface area contributed by atoms with Crippen molar-refractivity contribution in [3.05, 3.63) is 0 Å². The van der Waals surface area contributed by atoms with Crippen LogP contribution in [-0.2, 0) is 28.8 Å². The number of carboxylic acids is 4. The number of carbonyl (C=O) groups is 6. The number of carboxylic acid groups (broad SMARTS) is 4. The average Bonchev–Trinajstić information content (AvgIpc) is 2.15. The van der Waals surface area contributed by atoms with E-state index in [-0.39, 0.29) is 54.2 Å². The van der Waals surface area contributed by atoms with E-state index in [2.05, 4.69) is 0 Å². The second kappa shape index (κ2) is 17.4. The van der Waals surface area contributed by atoms with E-state index < -0.39 is 35.4 Å². The Hall–Kier alpha value is -1.64. The molecule has 0 aromatic heterocycles. The van der Waals surface area contributed by atoms with Crippen LogP contribution in [0.2, 0.25) is 0 Å². The molecule has 0 atom stereocenters. The third kappa shape index (κ3) is 18.7. The molecular formula is C6H7CaO13-. The molecule has 0 amide bonds. The van der Waals surface area contributed by atoms with Crippen molar-refractivity contribution in [1.82, 2.24) is 0 Å². The summed E-state index contributed by atoms with van der Waals surface area (Å²) in [6.07, 6.45) is 0. The SMILES string of the molecule is O.O.O.O=C([O-])C(=O)C(=O)O.O=C([O-])C(=O)C(=O)[O-].[Ca+2]. The Morgan fingerprint density at radius 1 is 0.600 bits per heavy atom. The fourth-order valence-electron chi connectivity index (χ4n) is 0.171. The van der Waals surface area contributed by atoms with Crippen LogP contribution in [0.1, 0.15) is 0 Å². The van der Waals surface area contributed by atoms with Crippen molar-refractivity contribution in [2.75, 3.05) is 0 Å². The van der Waals surface area contributed by atoms with Gasteiger partial charge in [0, 0.05) is 0 Å². The maximum Gasteiger partial charge on any atom is 2.00 e. The number of rotatable bonds is 4. The quantitative estimate of drug-likeness (QED) is 0.288. The molecule has 0 rings (SSSR count). The van der Waals surface area contributed by atoms with E-state index in [1.165, 1.54) is 0 Å². The second-order valence-corrected chi connectivity index (χ2v) is 1.83. The summed E-state index contributed by atoms with van der Waals surface area (Å²) in [5, 5.41) is 35.4. The number of aliphatic carboxylic acids is 4. The first-order chi connectivity index (χ1) is 7.11. The Morgan fingerprint density at radius 3 is 0.800 bits per heavy atom. The van der Waals surface area contributed by atoms with Crippen molar-refractivity contribution in [3.63, 3.8) is 0 Å². The minimum Gasteiger partial charge on any atom is -0.541 e. The van der Waals surface area contributed by atoms with Crippen LogP contribution < -0.4 is 15.3 Å². The van der Waals surface area contributed by atoms with Crippen molar-refractivity contribution in [1.29, 1.82) is 0 Å². The summed E-state index contributed by atoms with van der Waals surface area (Å²) in [5.74, 6) is -12.7. The van der Waals surface area contributed by atoms with Crippen LogP contribution in [0.5, 0.6) is 0 Å². The maximum atomic E-state index is 9.58. The molecule has 0 bridgehead atoms. The standard InChI is InChI=1S/2C3H2O5.Ca.3H2O/c2*4-1(2(5)6)3(7)8;;;;/h2*(H,5,6)(H,7,8);;3*1H2/q;;+2;;;/p-3. The molecule has 0 aromatic carbocycles. The van der Waals surface area contributed by atoms with Gasteiger partial charge in [-0.1, -0.05) is 0 Å². The minimum atomic E-state index is -2.26. The number of Topliss-reactive ketones (excluding diaryl/α,β-unsaturated/α-hetero) is 2. The molecule has 13 nitrogen and oxygen atoms in total. The zero-order chi connectivity index (χ0) is 13.5. The summed E-state index contributed by atoms with van der Waals surface area (Å²) in [6.45, 7) is 0. The van der Waals surface area contributed by atoms with Gasteiger partial charge in [0.1, 0.15) is 17.9 Å². The Labute approximate surface area is 138 Å². The Morgan fingerprint density at radius 2 is 0.800 bits per heavy atom. The van der Waals surface area contributed by atoms with E-state index in [9.17, 15) is 44.1 Å². The van der Waals surface area contributed by atoms with Crippen molar-refractivity contribution < 1.29 is 65.6 Å². The summed E-state index contributed by atoms with van der Waals surface area (Å²) < 4.78 is 0. The van der Waals surface area contributed by atoms with Crippen molar-refractivity contribution >= 4 is 73.2 Å². The maximum absolute atomic E-state index is 9.58. The summed E-state index contributed by atoms with van der Waals surface area (Å²) in [7, 11) is 0. The van der Waals surface area contributed by atoms with Gasteiger partial charge in [-0.15, -0.1) is 0 Å². The van der Waals surface area contributed by atoms with Gasteiger partial charge in [0.2, 0.25) is 5.78 Å². The Kier molecular flexibility index (Phi) is 31.4. The first-order valence-corrected chi connectivity index (χ1v) is 3.06. The zero-order valence-corrected chi connectivity index (χ0v) is 11.5. The van der Waals surface area contributed by atoms with Crippen molar-refractivity contribution in [2.45, 2.75) is 0 Å². The molecule has 0 saturated carbocycles. The van der Waals surface area contributed by atoms with Crippen LogP contribution in [0.4, 0.5) is 0 Å². The van der Waals surface area contributed by atoms with E-state index >= 15 is 0 Å². The third-order valence-corrected chi connectivity index (χ3v) is 0.750. The fraction of sp³-hybridized carbons (Fsp3) is 0. The van der Waals surface area contributed by atoms with Crippen molar-refractivity contribution in [2.24, 2.45) is 0 Å². The second-order valence-electron chi connectivity index (χ2n) is 1.83. The Bertz CT molecular complexity index is 303. The number of carbonyl (C=O) groups excluding carboxylic acids is 5. The summed E-state index contributed by atoms with van der Waals surface area (Å²) in [4.78, 5) is 56.3. The van der Waals surface area contributed by atoms with Crippen LogP contribution in [0, 0.1) is 0 Å². The van der Waals surface area contributed by atoms with Gasteiger partial charge in [-0.3, -0.25) is 9.59 Å². The van der Waals surface area contributed by atoms with Gasteiger partial charge in [0.25, 0.3) is 5.78 Å². The molecule has 0 radical (unpaired) electrons. The molecule has 0 unspecified atom stereocenters. The summed E-state index contributed by atoms with van der Waals surface area (Å²) >= 11 is 0. The minimum absolute atomic E-state index is 0. The van der Waals surface area contributed by atoms with Crippen LogP contribution in [0.3, 0.4) is 0 Å². The van der Waals surface area contributed by atoms with Gasteiger partial charge < -0.3 is 51.2 Å². The molecule has 0 saturated heterocycles. The number of ketones is 2. The zero-order valence-electron chi connectivity index (χ0n) is 9.33. The van der Waals surface area contributed by atoms with Crippen LogP contribution in [-0.4, -0.2) is 94.7 Å². The van der Waals surface area contributed by atoms with Crippen molar-refractivity contribution in [3.8, 4) is 0 Å². The van der Waals surface area contributed by atoms with Crippen LogP contribution >= 0.6 is 0 Å². The molecule has 14 heteroatoms. The van der Waals surface area contributed by atoms with Gasteiger partial charge in [-0.2, -0.15) is 0 Å². The summed E-state index contributed by atoms with van der Waals surface area (Å²) in [5.41, 5.74) is 0. The van der Waals surface area contributed by atoms with E-state index in [1.807, 2.05) is 0 Å². The Balaban J connectivity index is -0.0000000408. The van der Waals surface area contributed by atoms with Gasteiger partial charge in [-0.05, 0) is 0 Å². The number of hydrogen-bond acceptors (Lipinski definition) is 9. The topological polar surface area (TPSA) is 286 Å². The largest absolute Gasteiger partial charge is 2.00 e.